The summed E-state index contributed by atoms with van der Waals surface area (Å²) in [6.45, 7) is 5.85. The molecule has 0 amide bonds. The lowest BCUT2D eigenvalue weighted by atomic mass is 10.1. The SMILES string of the molecule is Cc1noc(CNc2nnc(C)c(C)c2C(N)=S)n1. The molecule has 8 heteroatoms. The van der Waals surface area contributed by atoms with E-state index in [-0.39, 0.29) is 4.99 Å². The van der Waals surface area contributed by atoms with Crippen molar-refractivity contribution in [1.29, 1.82) is 0 Å². The van der Waals surface area contributed by atoms with Crippen LogP contribution in [0.15, 0.2) is 4.52 Å². The smallest absolute Gasteiger partial charge is 0.245 e. The van der Waals surface area contributed by atoms with Gasteiger partial charge in [0.05, 0.1) is 17.8 Å². The van der Waals surface area contributed by atoms with Crippen LogP contribution >= 0.6 is 12.2 Å². The van der Waals surface area contributed by atoms with Crippen LogP contribution in [0.25, 0.3) is 0 Å². The molecule has 0 unspecified atom stereocenters. The van der Waals surface area contributed by atoms with E-state index in [1.54, 1.807) is 6.92 Å². The minimum Gasteiger partial charge on any atom is -0.389 e. The highest BCUT2D eigenvalue weighted by molar-refractivity contribution is 7.80. The fourth-order valence-electron chi connectivity index (χ4n) is 1.60. The van der Waals surface area contributed by atoms with Crippen molar-refractivity contribution in [2.75, 3.05) is 5.32 Å². The van der Waals surface area contributed by atoms with Gasteiger partial charge in [-0.1, -0.05) is 17.4 Å². The number of nitrogens with one attached hydrogen (secondary N) is 1. The highest BCUT2D eigenvalue weighted by atomic mass is 32.1. The van der Waals surface area contributed by atoms with Gasteiger partial charge in [0.25, 0.3) is 0 Å². The summed E-state index contributed by atoms with van der Waals surface area (Å²) in [5, 5.41) is 14.9. The molecule has 0 aliphatic rings. The topological polar surface area (TPSA) is 103 Å². The van der Waals surface area contributed by atoms with E-state index in [4.69, 9.17) is 22.5 Å². The molecule has 0 aromatic carbocycles. The standard InChI is InChI=1S/C11H14N6OS/c1-5-6(2)15-16-11(9(5)10(12)19)13-4-8-14-7(3)17-18-8/h4H2,1-3H3,(H2,12,19)(H,13,16). The number of nitrogens with two attached hydrogens (primary N) is 1. The van der Waals surface area contributed by atoms with Gasteiger partial charge < -0.3 is 15.6 Å². The minimum absolute atomic E-state index is 0.278. The van der Waals surface area contributed by atoms with Gasteiger partial charge in [-0.25, -0.2) is 0 Å². The summed E-state index contributed by atoms with van der Waals surface area (Å²) in [5.74, 6) is 1.57. The second-order valence-corrected chi connectivity index (χ2v) is 4.53. The van der Waals surface area contributed by atoms with Crippen LogP contribution in [-0.2, 0) is 6.54 Å². The van der Waals surface area contributed by atoms with Gasteiger partial charge in [0.2, 0.25) is 5.89 Å². The van der Waals surface area contributed by atoms with Crippen molar-refractivity contribution in [2.24, 2.45) is 5.73 Å². The van der Waals surface area contributed by atoms with Crippen molar-refractivity contribution in [3.63, 3.8) is 0 Å². The number of thiocarbonyl (C=S) groups is 1. The predicted molar refractivity (Wildman–Crippen MR) is 73.8 cm³/mol. The Morgan fingerprint density at radius 2 is 2.05 bits per heavy atom. The molecule has 2 rings (SSSR count). The number of aryl methyl sites for hydroxylation is 2. The highest BCUT2D eigenvalue weighted by Crippen LogP contribution is 2.18. The normalized spacial score (nSPS) is 10.5. The van der Waals surface area contributed by atoms with E-state index in [0.29, 0.717) is 29.6 Å². The molecule has 0 atom stereocenters. The van der Waals surface area contributed by atoms with Gasteiger partial charge in [0.1, 0.15) is 4.99 Å². The predicted octanol–water partition coefficient (Wildman–Crippen LogP) is 1.03. The van der Waals surface area contributed by atoms with Crippen molar-refractivity contribution in [1.82, 2.24) is 20.3 Å². The van der Waals surface area contributed by atoms with Crippen LogP contribution in [-0.4, -0.2) is 25.3 Å². The number of rotatable bonds is 4. The number of hydrogen-bond donors (Lipinski definition) is 2. The van der Waals surface area contributed by atoms with E-state index in [1.165, 1.54) is 0 Å². The quantitative estimate of drug-likeness (QED) is 0.799. The fraction of sp³-hybridized carbons (Fsp3) is 0.364. The minimum atomic E-state index is 0.278. The van der Waals surface area contributed by atoms with E-state index in [9.17, 15) is 0 Å². The Kier molecular flexibility index (Phi) is 3.70. The van der Waals surface area contributed by atoms with Crippen LogP contribution in [0, 0.1) is 20.8 Å². The Hall–Kier alpha value is -2.09. The maximum absolute atomic E-state index is 5.73. The largest absolute Gasteiger partial charge is 0.389 e. The zero-order valence-electron chi connectivity index (χ0n) is 10.9. The third-order valence-corrected chi connectivity index (χ3v) is 2.88. The first-order chi connectivity index (χ1) is 8.99. The molecule has 0 bridgehead atoms. The summed E-state index contributed by atoms with van der Waals surface area (Å²) < 4.78 is 5.00. The zero-order chi connectivity index (χ0) is 14.0. The summed E-state index contributed by atoms with van der Waals surface area (Å²) in [6.07, 6.45) is 0. The third kappa shape index (κ3) is 2.84. The average molecular weight is 278 g/mol. The van der Waals surface area contributed by atoms with Crippen LogP contribution in [0.2, 0.25) is 0 Å². The second-order valence-electron chi connectivity index (χ2n) is 4.09. The maximum Gasteiger partial charge on any atom is 0.245 e. The molecular weight excluding hydrogens is 264 g/mol. The van der Waals surface area contributed by atoms with Crippen LogP contribution in [0.1, 0.15) is 28.5 Å². The Labute approximate surface area is 115 Å². The molecule has 0 aliphatic heterocycles. The van der Waals surface area contributed by atoms with Crippen LogP contribution in [0.3, 0.4) is 0 Å². The molecule has 2 aromatic rings. The van der Waals surface area contributed by atoms with Gasteiger partial charge in [-0.05, 0) is 26.3 Å². The molecule has 0 radical (unpaired) electrons. The molecular formula is C11H14N6OS. The Bertz CT molecular complexity index is 624. The first-order valence-electron chi connectivity index (χ1n) is 5.65. The van der Waals surface area contributed by atoms with Crippen molar-refractivity contribution in [3.8, 4) is 0 Å². The molecule has 3 N–H and O–H groups in total. The molecule has 2 heterocycles. The van der Waals surface area contributed by atoms with Gasteiger partial charge in [0.15, 0.2) is 11.6 Å². The molecule has 0 aliphatic carbocycles. The van der Waals surface area contributed by atoms with Gasteiger partial charge in [-0.15, -0.1) is 5.10 Å². The third-order valence-electron chi connectivity index (χ3n) is 2.68. The van der Waals surface area contributed by atoms with Gasteiger partial charge in [0, 0.05) is 0 Å². The van der Waals surface area contributed by atoms with E-state index < -0.39 is 0 Å². The number of nitrogens with zero attached hydrogens (tertiary/aromatic N) is 4. The van der Waals surface area contributed by atoms with Crippen molar-refractivity contribution < 1.29 is 4.52 Å². The highest BCUT2D eigenvalue weighted by Gasteiger charge is 2.14. The Morgan fingerprint density at radius 1 is 1.32 bits per heavy atom. The van der Waals surface area contributed by atoms with Crippen LogP contribution < -0.4 is 11.1 Å². The lowest BCUT2D eigenvalue weighted by molar-refractivity contribution is 0.379. The fourth-order valence-corrected chi connectivity index (χ4v) is 1.85. The van der Waals surface area contributed by atoms with E-state index in [2.05, 4.69) is 25.7 Å². The van der Waals surface area contributed by atoms with Crippen LogP contribution in [0.5, 0.6) is 0 Å². The number of aromatic nitrogens is 4. The molecule has 100 valence electrons. The van der Waals surface area contributed by atoms with Crippen LogP contribution in [0.4, 0.5) is 5.82 Å². The molecule has 7 nitrogen and oxygen atoms in total. The molecule has 0 saturated carbocycles. The van der Waals surface area contributed by atoms with E-state index in [1.807, 2.05) is 13.8 Å². The summed E-state index contributed by atoms with van der Waals surface area (Å²) in [7, 11) is 0. The number of hydrogen-bond acceptors (Lipinski definition) is 7. The summed E-state index contributed by atoms with van der Waals surface area (Å²) in [6, 6.07) is 0. The van der Waals surface area contributed by atoms with Gasteiger partial charge in [-0.2, -0.15) is 10.1 Å². The molecule has 0 fully saturated rings. The molecule has 2 aromatic heterocycles. The zero-order valence-corrected chi connectivity index (χ0v) is 11.7. The summed E-state index contributed by atoms with van der Waals surface area (Å²) in [5.41, 5.74) is 8.13. The molecule has 0 saturated heterocycles. The Morgan fingerprint density at radius 3 is 2.63 bits per heavy atom. The van der Waals surface area contributed by atoms with E-state index in [0.717, 1.165) is 11.3 Å². The summed E-state index contributed by atoms with van der Waals surface area (Å²) >= 11 is 5.05. The van der Waals surface area contributed by atoms with Gasteiger partial charge >= 0.3 is 0 Å². The van der Waals surface area contributed by atoms with Crippen molar-refractivity contribution in [3.05, 3.63) is 28.5 Å². The molecule has 19 heavy (non-hydrogen) atoms. The number of anilines is 1. The van der Waals surface area contributed by atoms with Gasteiger partial charge in [-0.3, -0.25) is 0 Å². The average Bonchev–Trinajstić information content (AvgIpc) is 2.76. The van der Waals surface area contributed by atoms with E-state index >= 15 is 0 Å². The second kappa shape index (κ2) is 5.27. The van der Waals surface area contributed by atoms with Crippen molar-refractivity contribution in [2.45, 2.75) is 27.3 Å². The maximum atomic E-state index is 5.73. The first-order valence-corrected chi connectivity index (χ1v) is 6.06. The first kappa shape index (κ1) is 13.3. The lowest BCUT2D eigenvalue weighted by Crippen LogP contribution is -2.18. The molecule has 0 spiro atoms. The monoisotopic (exact) mass is 278 g/mol. The summed E-state index contributed by atoms with van der Waals surface area (Å²) in [4.78, 5) is 4.37. The van der Waals surface area contributed by atoms with Crippen molar-refractivity contribution >= 4 is 23.0 Å². The lowest BCUT2D eigenvalue weighted by Gasteiger charge is -2.11. The Balaban J connectivity index is 2.25.